The lowest BCUT2D eigenvalue weighted by Gasteiger charge is -2.16. The Morgan fingerprint density at radius 3 is 2.64 bits per heavy atom. The van der Waals surface area contributed by atoms with E-state index in [1.165, 1.54) is 54.0 Å². The van der Waals surface area contributed by atoms with Gasteiger partial charge in [-0.3, -0.25) is 0 Å². The van der Waals surface area contributed by atoms with Crippen molar-refractivity contribution in [2.75, 3.05) is 11.5 Å². The predicted molar refractivity (Wildman–Crippen MR) is 104 cm³/mol. The average Bonchev–Trinajstić information content (AvgIpc) is 2.62. The first-order valence-corrected chi connectivity index (χ1v) is 9.73. The fourth-order valence-electron chi connectivity index (χ4n) is 3.19. The first-order valence-electron chi connectivity index (χ1n) is 8.68. The third-order valence-corrected chi connectivity index (χ3v) is 5.68. The number of thioether (sulfide) groups is 1. The summed E-state index contributed by atoms with van der Waals surface area (Å²) in [6, 6.07) is 8.99. The molecule has 0 aliphatic heterocycles. The number of hydrogen-bond donors (Lipinski definition) is 1. The Hall–Kier alpha value is -1.81. The van der Waals surface area contributed by atoms with E-state index in [0.717, 1.165) is 6.07 Å². The molecule has 0 saturated carbocycles. The average molecular weight is 359 g/mol. The molecule has 0 amide bonds. The fourth-order valence-corrected chi connectivity index (χ4v) is 4.04. The number of aryl methyl sites for hydroxylation is 3. The summed E-state index contributed by atoms with van der Waals surface area (Å²) >= 11 is 1.62. The molecule has 25 heavy (non-hydrogen) atoms. The van der Waals surface area contributed by atoms with E-state index in [2.05, 4.69) is 30.5 Å². The summed E-state index contributed by atoms with van der Waals surface area (Å²) in [6.45, 7) is 2.10. The first kappa shape index (κ1) is 18.0. The van der Waals surface area contributed by atoms with Crippen LogP contribution in [-0.4, -0.2) is 5.75 Å². The standard InChI is InChI=1S/C21H23F2NS/c1-14(16-7-6-15-4-2-3-5-17(15)10-16)13-25-9-8-18-11-20(23)21(24)12-19(18)22/h6-7,10-13H,2-5,8-9,24H2,1H3/b14-13+. The van der Waals surface area contributed by atoms with E-state index in [9.17, 15) is 8.78 Å². The maximum absolute atomic E-state index is 13.8. The Morgan fingerprint density at radius 2 is 1.84 bits per heavy atom. The quantitative estimate of drug-likeness (QED) is 0.542. The minimum absolute atomic E-state index is 0.142. The minimum Gasteiger partial charge on any atom is -0.396 e. The third-order valence-electron chi connectivity index (χ3n) is 4.72. The van der Waals surface area contributed by atoms with Gasteiger partial charge in [-0.25, -0.2) is 8.78 Å². The maximum atomic E-state index is 13.8. The monoisotopic (exact) mass is 359 g/mol. The Labute approximate surface area is 152 Å². The molecule has 4 heteroatoms. The number of fused-ring (bicyclic) bond motifs is 1. The van der Waals surface area contributed by atoms with Crippen LogP contribution in [0.25, 0.3) is 5.57 Å². The highest BCUT2D eigenvalue weighted by Gasteiger charge is 2.10. The molecule has 1 aliphatic rings. The van der Waals surface area contributed by atoms with Crippen molar-refractivity contribution in [3.8, 4) is 0 Å². The third kappa shape index (κ3) is 4.43. The molecule has 0 radical (unpaired) electrons. The van der Waals surface area contributed by atoms with Crippen LogP contribution in [-0.2, 0) is 19.3 Å². The van der Waals surface area contributed by atoms with Crippen LogP contribution in [0.2, 0.25) is 0 Å². The summed E-state index contributed by atoms with van der Waals surface area (Å²) in [7, 11) is 0. The van der Waals surface area contributed by atoms with Gasteiger partial charge >= 0.3 is 0 Å². The molecular formula is C21H23F2NS. The van der Waals surface area contributed by atoms with Gasteiger partial charge in [0.2, 0.25) is 0 Å². The van der Waals surface area contributed by atoms with E-state index < -0.39 is 11.6 Å². The summed E-state index contributed by atoms with van der Waals surface area (Å²) < 4.78 is 27.2. The number of nitrogen functional groups attached to an aromatic ring is 1. The molecule has 1 nitrogen and oxygen atoms in total. The number of benzene rings is 2. The van der Waals surface area contributed by atoms with Gasteiger partial charge in [-0.05, 0) is 78.3 Å². The lowest BCUT2D eigenvalue weighted by molar-refractivity contribution is 0.591. The number of anilines is 1. The van der Waals surface area contributed by atoms with Crippen LogP contribution in [0.15, 0.2) is 35.7 Å². The van der Waals surface area contributed by atoms with Crippen molar-refractivity contribution in [1.29, 1.82) is 0 Å². The minimum atomic E-state index is -0.554. The Balaban J connectivity index is 1.60. The van der Waals surface area contributed by atoms with Gasteiger partial charge in [-0.1, -0.05) is 18.2 Å². The van der Waals surface area contributed by atoms with Crippen LogP contribution >= 0.6 is 11.8 Å². The molecule has 132 valence electrons. The molecule has 0 unspecified atom stereocenters. The van der Waals surface area contributed by atoms with Crippen molar-refractivity contribution in [2.24, 2.45) is 0 Å². The highest BCUT2D eigenvalue weighted by Crippen LogP contribution is 2.26. The molecule has 2 aromatic carbocycles. The smallest absolute Gasteiger partial charge is 0.146 e. The number of allylic oxidation sites excluding steroid dienone is 1. The van der Waals surface area contributed by atoms with Gasteiger partial charge in [-0.2, -0.15) is 0 Å². The summed E-state index contributed by atoms with van der Waals surface area (Å²) in [5.74, 6) is -0.292. The highest BCUT2D eigenvalue weighted by molar-refractivity contribution is 8.02. The Morgan fingerprint density at radius 1 is 1.08 bits per heavy atom. The lowest BCUT2D eigenvalue weighted by Crippen LogP contribution is -2.02. The van der Waals surface area contributed by atoms with Crippen molar-refractivity contribution >= 4 is 23.0 Å². The second kappa shape index (κ2) is 8.05. The molecule has 2 aromatic rings. The number of halogens is 2. The molecule has 0 aromatic heterocycles. The van der Waals surface area contributed by atoms with Crippen molar-refractivity contribution in [3.63, 3.8) is 0 Å². The summed E-state index contributed by atoms with van der Waals surface area (Å²) in [6.07, 6.45) is 5.40. The van der Waals surface area contributed by atoms with Crippen LogP contribution in [0.4, 0.5) is 14.5 Å². The molecular weight excluding hydrogens is 336 g/mol. The lowest BCUT2D eigenvalue weighted by atomic mass is 9.89. The van der Waals surface area contributed by atoms with Gasteiger partial charge in [0.1, 0.15) is 11.6 Å². The van der Waals surface area contributed by atoms with Gasteiger partial charge in [0.15, 0.2) is 0 Å². The molecule has 0 bridgehead atoms. The van der Waals surface area contributed by atoms with E-state index in [0.29, 0.717) is 17.7 Å². The van der Waals surface area contributed by atoms with Crippen molar-refractivity contribution < 1.29 is 8.78 Å². The molecule has 0 fully saturated rings. The van der Waals surface area contributed by atoms with Crippen LogP contribution < -0.4 is 5.73 Å². The maximum Gasteiger partial charge on any atom is 0.146 e. The van der Waals surface area contributed by atoms with Gasteiger partial charge in [0, 0.05) is 11.8 Å². The molecule has 0 saturated heterocycles. The van der Waals surface area contributed by atoms with Gasteiger partial charge in [-0.15, -0.1) is 11.8 Å². The molecule has 2 N–H and O–H groups in total. The highest BCUT2D eigenvalue weighted by atomic mass is 32.2. The number of rotatable bonds is 5. The predicted octanol–water partition coefficient (Wildman–Crippen LogP) is 5.76. The molecule has 3 rings (SSSR count). The Kier molecular flexibility index (Phi) is 5.79. The van der Waals surface area contributed by atoms with Crippen molar-refractivity contribution in [3.05, 3.63) is 69.6 Å². The number of hydrogen-bond acceptors (Lipinski definition) is 2. The largest absolute Gasteiger partial charge is 0.396 e. The summed E-state index contributed by atoms with van der Waals surface area (Å²) in [5, 5.41) is 2.11. The van der Waals surface area contributed by atoms with E-state index >= 15 is 0 Å². The zero-order valence-electron chi connectivity index (χ0n) is 14.4. The Bertz CT molecular complexity index is 799. The first-order chi connectivity index (χ1) is 12.0. The number of nitrogens with two attached hydrogens (primary N) is 1. The topological polar surface area (TPSA) is 26.0 Å². The molecule has 0 heterocycles. The summed E-state index contributed by atoms with van der Waals surface area (Å²) in [4.78, 5) is 0. The molecule has 0 spiro atoms. The van der Waals surface area contributed by atoms with Gasteiger partial charge in [0.05, 0.1) is 5.69 Å². The zero-order valence-corrected chi connectivity index (χ0v) is 15.3. The van der Waals surface area contributed by atoms with Crippen LogP contribution in [0, 0.1) is 11.6 Å². The van der Waals surface area contributed by atoms with E-state index in [-0.39, 0.29) is 5.69 Å². The van der Waals surface area contributed by atoms with Crippen LogP contribution in [0.1, 0.15) is 42.0 Å². The van der Waals surface area contributed by atoms with E-state index in [4.69, 9.17) is 5.73 Å². The fraction of sp³-hybridized carbons (Fsp3) is 0.333. The van der Waals surface area contributed by atoms with E-state index in [1.54, 1.807) is 11.8 Å². The van der Waals surface area contributed by atoms with Crippen LogP contribution in [0.5, 0.6) is 0 Å². The van der Waals surface area contributed by atoms with Crippen molar-refractivity contribution in [2.45, 2.75) is 39.0 Å². The van der Waals surface area contributed by atoms with Gasteiger partial charge < -0.3 is 5.73 Å². The zero-order chi connectivity index (χ0) is 17.8. The normalized spacial score (nSPS) is 14.4. The second-order valence-corrected chi connectivity index (χ2v) is 7.55. The summed E-state index contributed by atoms with van der Waals surface area (Å²) in [5.41, 5.74) is 11.0. The molecule has 1 aliphatic carbocycles. The van der Waals surface area contributed by atoms with E-state index in [1.807, 2.05) is 0 Å². The van der Waals surface area contributed by atoms with Crippen molar-refractivity contribution in [1.82, 2.24) is 0 Å². The molecule has 0 atom stereocenters. The van der Waals surface area contributed by atoms with Gasteiger partial charge in [0.25, 0.3) is 0 Å². The SMILES string of the molecule is C/C(=C\SCCc1cc(F)c(N)cc1F)c1ccc2c(c1)CCCC2. The van der Waals surface area contributed by atoms with Crippen LogP contribution in [0.3, 0.4) is 0 Å². The second-order valence-electron chi connectivity index (χ2n) is 6.58.